The largest absolute Gasteiger partial charge is 0.451 e. The molecular formula is C6H6NO2S. The van der Waals surface area contributed by atoms with Crippen molar-refractivity contribution in [2.75, 3.05) is 0 Å². The fourth-order valence-corrected chi connectivity index (χ4v) is 1.28. The van der Waals surface area contributed by atoms with E-state index in [0.29, 0.717) is 0 Å². The van der Waals surface area contributed by atoms with Crippen LogP contribution >= 0.6 is 11.3 Å². The molecule has 0 aliphatic carbocycles. The lowest BCUT2D eigenvalue weighted by Crippen LogP contribution is -1.84. The summed E-state index contributed by atoms with van der Waals surface area (Å²) in [4.78, 5) is 14.5. The predicted molar refractivity (Wildman–Crippen MR) is 37.3 cm³/mol. The number of hydrogen-bond donors (Lipinski definition) is 0. The smallest absolute Gasteiger partial charge is 0.417 e. The van der Waals surface area contributed by atoms with Gasteiger partial charge in [-0.25, -0.2) is 9.78 Å². The van der Waals surface area contributed by atoms with Gasteiger partial charge in [-0.3, -0.25) is 0 Å². The molecule has 0 saturated carbocycles. The van der Waals surface area contributed by atoms with Crippen molar-refractivity contribution in [3.05, 3.63) is 16.1 Å². The van der Waals surface area contributed by atoms with Crippen LogP contribution in [0.25, 0.3) is 0 Å². The van der Waals surface area contributed by atoms with E-state index < -0.39 is 0 Å². The number of ether oxygens (including phenoxy) is 1. The van der Waals surface area contributed by atoms with Gasteiger partial charge in [-0.05, 0) is 6.92 Å². The van der Waals surface area contributed by atoms with Crippen LogP contribution in [0.2, 0.25) is 0 Å². The van der Waals surface area contributed by atoms with Gasteiger partial charge in [0.1, 0.15) is 6.61 Å². The highest BCUT2D eigenvalue weighted by Gasteiger charge is 1.96. The average molecular weight is 156 g/mol. The van der Waals surface area contributed by atoms with Crippen LogP contribution in [-0.4, -0.2) is 11.5 Å². The Morgan fingerprint density at radius 1 is 1.90 bits per heavy atom. The van der Waals surface area contributed by atoms with E-state index >= 15 is 0 Å². The maximum atomic E-state index is 9.62. The van der Waals surface area contributed by atoms with Crippen LogP contribution in [0.15, 0.2) is 6.20 Å². The summed E-state index contributed by atoms with van der Waals surface area (Å²) in [5.74, 6) is 0. The van der Waals surface area contributed by atoms with Crippen molar-refractivity contribution in [1.29, 1.82) is 0 Å². The van der Waals surface area contributed by atoms with Gasteiger partial charge in [-0.1, -0.05) is 0 Å². The molecule has 10 heavy (non-hydrogen) atoms. The van der Waals surface area contributed by atoms with Crippen molar-refractivity contribution in [3.8, 4) is 0 Å². The first-order chi connectivity index (χ1) is 4.83. The molecule has 1 aromatic rings. The molecule has 0 aliphatic heterocycles. The van der Waals surface area contributed by atoms with Gasteiger partial charge in [0.25, 0.3) is 0 Å². The summed E-state index contributed by atoms with van der Waals surface area (Å²) in [6.45, 7) is 3.54. The van der Waals surface area contributed by atoms with Crippen molar-refractivity contribution in [2.45, 2.75) is 13.5 Å². The molecule has 3 nitrogen and oxygen atoms in total. The van der Waals surface area contributed by atoms with Gasteiger partial charge in [0.05, 0.1) is 9.88 Å². The standard InChI is InChI=1S/C6H6NO2S/c1-5-7-2-6(10-5)3-9-4-8/h2H,3H2,1H3. The molecule has 0 spiro atoms. The van der Waals surface area contributed by atoms with E-state index in [1.807, 2.05) is 6.92 Å². The highest BCUT2D eigenvalue weighted by Crippen LogP contribution is 2.11. The quantitative estimate of drug-likeness (QED) is 0.656. The molecule has 1 heterocycles. The molecule has 0 atom stereocenters. The van der Waals surface area contributed by atoms with Gasteiger partial charge in [0.2, 0.25) is 0 Å². The number of carbonyl (C=O) groups excluding carboxylic acids is 1. The lowest BCUT2D eigenvalue weighted by Gasteiger charge is -1.88. The Balaban J connectivity index is 2.49. The van der Waals surface area contributed by atoms with E-state index in [0.717, 1.165) is 9.88 Å². The van der Waals surface area contributed by atoms with E-state index in [1.54, 1.807) is 6.20 Å². The average Bonchev–Trinajstić information content (AvgIpc) is 2.31. The number of thiazole rings is 1. The van der Waals surface area contributed by atoms with Gasteiger partial charge < -0.3 is 4.74 Å². The van der Waals surface area contributed by atoms with Crippen LogP contribution in [0.1, 0.15) is 9.88 Å². The minimum absolute atomic E-state index is 0.287. The summed E-state index contributed by atoms with van der Waals surface area (Å²) >= 11 is 1.51. The summed E-state index contributed by atoms with van der Waals surface area (Å²) in [5, 5.41) is 0.976. The lowest BCUT2D eigenvalue weighted by molar-refractivity contribution is 0.270. The molecule has 1 radical (unpaired) electrons. The van der Waals surface area contributed by atoms with Crippen LogP contribution < -0.4 is 0 Å². The predicted octanol–water partition coefficient (Wildman–Crippen LogP) is 1.04. The Labute approximate surface area is 62.7 Å². The summed E-state index contributed by atoms with van der Waals surface area (Å²) in [6, 6.07) is 0. The maximum absolute atomic E-state index is 9.62. The van der Waals surface area contributed by atoms with E-state index in [9.17, 15) is 4.79 Å². The van der Waals surface area contributed by atoms with Crippen molar-refractivity contribution in [3.63, 3.8) is 0 Å². The molecule has 0 amide bonds. The lowest BCUT2D eigenvalue weighted by atomic mass is 10.6. The molecule has 0 aromatic carbocycles. The molecule has 0 N–H and O–H groups in total. The van der Waals surface area contributed by atoms with Crippen LogP contribution in [0.3, 0.4) is 0 Å². The molecule has 0 unspecified atom stereocenters. The second-order valence-electron chi connectivity index (χ2n) is 1.72. The van der Waals surface area contributed by atoms with E-state index in [1.165, 1.54) is 17.8 Å². The molecule has 0 aliphatic rings. The summed E-state index contributed by atoms with van der Waals surface area (Å²) in [7, 11) is 0. The molecule has 0 fully saturated rings. The fraction of sp³-hybridized carbons (Fsp3) is 0.333. The van der Waals surface area contributed by atoms with E-state index in [-0.39, 0.29) is 6.61 Å². The Kier molecular flexibility index (Phi) is 2.39. The van der Waals surface area contributed by atoms with Crippen molar-refractivity contribution in [2.24, 2.45) is 0 Å². The molecule has 4 heteroatoms. The first kappa shape index (κ1) is 7.21. The summed E-state index contributed by atoms with van der Waals surface area (Å²) in [6.07, 6.45) is 1.69. The third-order valence-electron chi connectivity index (χ3n) is 0.942. The van der Waals surface area contributed by atoms with Gasteiger partial charge in [0.15, 0.2) is 0 Å². The first-order valence-electron chi connectivity index (χ1n) is 2.73. The van der Waals surface area contributed by atoms with E-state index in [2.05, 4.69) is 9.72 Å². The van der Waals surface area contributed by atoms with Gasteiger partial charge in [-0.15, -0.1) is 11.3 Å². The number of aromatic nitrogens is 1. The third kappa shape index (κ3) is 1.80. The van der Waals surface area contributed by atoms with Crippen LogP contribution in [0, 0.1) is 6.92 Å². The normalized spacial score (nSPS) is 9.30. The second kappa shape index (κ2) is 3.31. The monoisotopic (exact) mass is 156 g/mol. The SMILES string of the molecule is Cc1ncc(CO[C]=O)s1. The van der Waals surface area contributed by atoms with Crippen molar-refractivity contribution >= 4 is 17.8 Å². The zero-order valence-corrected chi connectivity index (χ0v) is 6.27. The Bertz CT molecular complexity index is 221. The Morgan fingerprint density at radius 2 is 2.70 bits per heavy atom. The van der Waals surface area contributed by atoms with Crippen molar-refractivity contribution in [1.82, 2.24) is 4.98 Å². The molecule has 1 aromatic heterocycles. The minimum Gasteiger partial charge on any atom is -0.451 e. The number of rotatable bonds is 3. The zero-order chi connectivity index (χ0) is 7.40. The minimum atomic E-state index is 0.287. The third-order valence-corrected chi connectivity index (χ3v) is 1.83. The Hall–Kier alpha value is -0.900. The summed E-state index contributed by atoms with van der Waals surface area (Å²) < 4.78 is 4.40. The van der Waals surface area contributed by atoms with Gasteiger partial charge in [0, 0.05) is 6.20 Å². The number of nitrogens with zero attached hydrogens (tertiary/aromatic N) is 1. The molecule has 0 saturated heterocycles. The van der Waals surface area contributed by atoms with Crippen LogP contribution in [-0.2, 0) is 16.1 Å². The van der Waals surface area contributed by atoms with Crippen molar-refractivity contribution < 1.29 is 9.53 Å². The second-order valence-corrected chi connectivity index (χ2v) is 3.04. The molecule has 53 valence electrons. The molecule has 0 bridgehead atoms. The fourth-order valence-electron chi connectivity index (χ4n) is 0.573. The summed E-state index contributed by atoms with van der Waals surface area (Å²) in [5.41, 5.74) is 0. The topological polar surface area (TPSA) is 39.2 Å². The molecule has 1 rings (SSSR count). The zero-order valence-electron chi connectivity index (χ0n) is 5.46. The van der Waals surface area contributed by atoms with Crippen LogP contribution in [0.4, 0.5) is 0 Å². The number of aryl methyl sites for hydroxylation is 1. The highest BCUT2D eigenvalue weighted by molar-refractivity contribution is 7.11. The van der Waals surface area contributed by atoms with Gasteiger partial charge in [-0.2, -0.15) is 0 Å². The van der Waals surface area contributed by atoms with Crippen LogP contribution in [0.5, 0.6) is 0 Å². The molecular weight excluding hydrogens is 150 g/mol. The van der Waals surface area contributed by atoms with Gasteiger partial charge >= 0.3 is 6.47 Å². The maximum Gasteiger partial charge on any atom is 0.417 e. The number of hydrogen-bond acceptors (Lipinski definition) is 4. The highest BCUT2D eigenvalue weighted by atomic mass is 32.1. The van der Waals surface area contributed by atoms with E-state index in [4.69, 9.17) is 0 Å². The first-order valence-corrected chi connectivity index (χ1v) is 3.55. The Morgan fingerprint density at radius 3 is 3.20 bits per heavy atom.